The van der Waals surface area contributed by atoms with Gasteiger partial charge in [0, 0.05) is 23.9 Å². The van der Waals surface area contributed by atoms with Gasteiger partial charge in [0.15, 0.2) is 4.77 Å². The molecule has 0 saturated heterocycles. The standard InChI is InChI=1S/C16H22N2S/c1-12-7-5-6-8-13(12)9-10-18-14(16(2,3)4)11-17-15(18)19/h5-8,11H,9-10H2,1-4H3,(H,17,19). The van der Waals surface area contributed by atoms with Crippen LogP contribution < -0.4 is 0 Å². The Balaban J connectivity index is 2.23. The van der Waals surface area contributed by atoms with E-state index in [0.717, 1.165) is 17.7 Å². The average molecular weight is 274 g/mol. The summed E-state index contributed by atoms with van der Waals surface area (Å²) >= 11 is 5.40. The smallest absolute Gasteiger partial charge is 0.177 e. The number of hydrogen-bond donors (Lipinski definition) is 1. The summed E-state index contributed by atoms with van der Waals surface area (Å²) in [4.78, 5) is 3.17. The van der Waals surface area contributed by atoms with Crippen LogP contribution in [0.4, 0.5) is 0 Å². The van der Waals surface area contributed by atoms with Crippen molar-refractivity contribution < 1.29 is 0 Å². The topological polar surface area (TPSA) is 20.7 Å². The summed E-state index contributed by atoms with van der Waals surface area (Å²) in [5.41, 5.74) is 4.12. The zero-order valence-electron chi connectivity index (χ0n) is 12.2. The fourth-order valence-electron chi connectivity index (χ4n) is 2.36. The van der Waals surface area contributed by atoms with Crippen LogP contribution in [-0.4, -0.2) is 9.55 Å². The highest BCUT2D eigenvalue weighted by molar-refractivity contribution is 7.71. The van der Waals surface area contributed by atoms with E-state index in [1.54, 1.807) is 0 Å². The van der Waals surface area contributed by atoms with E-state index in [9.17, 15) is 0 Å². The van der Waals surface area contributed by atoms with Crippen molar-refractivity contribution in [2.75, 3.05) is 0 Å². The monoisotopic (exact) mass is 274 g/mol. The van der Waals surface area contributed by atoms with Gasteiger partial charge in [0.2, 0.25) is 0 Å². The molecule has 0 fully saturated rings. The highest BCUT2D eigenvalue weighted by atomic mass is 32.1. The largest absolute Gasteiger partial charge is 0.337 e. The number of nitrogens with one attached hydrogen (secondary N) is 1. The molecule has 0 unspecified atom stereocenters. The van der Waals surface area contributed by atoms with Gasteiger partial charge >= 0.3 is 0 Å². The van der Waals surface area contributed by atoms with Crippen molar-refractivity contribution in [2.24, 2.45) is 0 Å². The number of H-pyrrole nitrogens is 1. The number of hydrogen-bond acceptors (Lipinski definition) is 1. The molecule has 2 aromatic rings. The van der Waals surface area contributed by atoms with Crippen molar-refractivity contribution in [1.82, 2.24) is 9.55 Å². The van der Waals surface area contributed by atoms with Crippen LogP contribution in [0, 0.1) is 11.7 Å². The fraction of sp³-hybridized carbons (Fsp3) is 0.438. The van der Waals surface area contributed by atoms with E-state index in [1.165, 1.54) is 16.8 Å². The Kier molecular flexibility index (Phi) is 3.95. The van der Waals surface area contributed by atoms with Gasteiger partial charge in [-0.1, -0.05) is 45.0 Å². The van der Waals surface area contributed by atoms with Crippen LogP contribution in [-0.2, 0) is 18.4 Å². The molecule has 0 aliphatic carbocycles. The molecule has 102 valence electrons. The summed E-state index contributed by atoms with van der Waals surface area (Å²) in [6.45, 7) is 9.75. The second-order valence-electron chi connectivity index (χ2n) is 6.06. The molecule has 0 spiro atoms. The maximum atomic E-state index is 5.40. The fourth-order valence-corrected chi connectivity index (χ4v) is 2.61. The summed E-state index contributed by atoms with van der Waals surface area (Å²) in [6, 6.07) is 8.55. The number of imidazole rings is 1. The predicted octanol–water partition coefficient (Wildman–Crippen LogP) is 4.39. The molecule has 3 heteroatoms. The lowest BCUT2D eigenvalue weighted by molar-refractivity contribution is 0.513. The minimum absolute atomic E-state index is 0.110. The van der Waals surface area contributed by atoms with Gasteiger partial charge in [0.05, 0.1) is 0 Å². The first kappa shape index (κ1) is 14.1. The Hall–Kier alpha value is -1.35. The van der Waals surface area contributed by atoms with Gasteiger partial charge in [0.25, 0.3) is 0 Å². The molecule has 0 radical (unpaired) electrons. The lowest BCUT2D eigenvalue weighted by Gasteiger charge is -2.21. The molecule has 1 N–H and O–H groups in total. The Bertz CT molecular complexity index is 614. The number of aryl methyl sites for hydroxylation is 2. The number of benzene rings is 1. The zero-order chi connectivity index (χ0) is 14.0. The second kappa shape index (κ2) is 5.33. The van der Waals surface area contributed by atoms with Crippen molar-refractivity contribution in [2.45, 2.75) is 46.1 Å². The number of aromatic amines is 1. The molecule has 19 heavy (non-hydrogen) atoms. The van der Waals surface area contributed by atoms with Crippen molar-refractivity contribution >= 4 is 12.2 Å². The van der Waals surface area contributed by atoms with Crippen molar-refractivity contribution in [3.8, 4) is 0 Å². The van der Waals surface area contributed by atoms with E-state index < -0.39 is 0 Å². The molecule has 2 rings (SSSR count). The summed E-state index contributed by atoms with van der Waals surface area (Å²) < 4.78 is 3.04. The van der Waals surface area contributed by atoms with Crippen molar-refractivity contribution in [3.63, 3.8) is 0 Å². The van der Waals surface area contributed by atoms with Crippen LogP contribution >= 0.6 is 12.2 Å². The van der Waals surface area contributed by atoms with Gasteiger partial charge in [-0.2, -0.15) is 0 Å². The first-order valence-corrected chi connectivity index (χ1v) is 7.13. The zero-order valence-corrected chi connectivity index (χ0v) is 13.0. The summed E-state index contributed by atoms with van der Waals surface area (Å²) in [5.74, 6) is 0. The van der Waals surface area contributed by atoms with E-state index in [1.807, 2.05) is 6.20 Å². The SMILES string of the molecule is Cc1ccccc1CCn1c(C(C)(C)C)c[nH]c1=S. The third-order valence-electron chi connectivity index (χ3n) is 3.50. The van der Waals surface area contributed by atoms with Crippen LogP contribution in [0.1, 0.15) is 37.6 Å². The Morgan fingerprint density at radius 2 is 1.89 bits per heavy atom. The highest BCUT2D eigenvalue weighted by Gasteiger charge is 2.19. The molecule has 0 atom stereocenters. The second-order valence-corrected chi connectivity index (χ2v) is 6.44. The summed E-state index contributed by atoms with van der Waals surface area (Å²) in [5, 5.41) is 0. The maximum absolute atomic E-state index is 5.40. The molecule has 0 aliphatic rings. The van der Waals surface area contributed by atoms with E-state index >= 15 is 0 Å². The molecule has 1 aromatic heterocycles. The lowest BCUT2D eigenvalue weighted by atomic mass is 9.92. The number of nitrogens with zero attached hydrogens (tertiary/aromatic N) is 1. The molecule has 0 amide bonds. The first-order valence-electron chi connectivity index (χ1n) is 6.73. The molecule has 2 nitrogen and oxygen atoms in total. The average Bonchev–Trinajstić information content (AvgIpc) is 2.69. The van der Waals surface area contributed by atoms with Crippen molar-refractivity contribution in [1.29, 1.82) is 0 Å². The van der Waals surface area contributed by atoms with E-state index in [2.05, 4.69) is 61.5 Å². The summed E-state index contributed by atoms with van der Waals surface area (Å²) in [6.07, 6.45) is 3.06. The quantitative estimate of drug-likeness (QED) is 0.823. The third-order valence-corrected chi connectivity index (χ3v) is 3.84. The maximum Gasteiger partial charge on any atom is 0.177 e. The Morgan fingerprint density at radius 3 is 2.53 bits per heavy atom. The van der Waals surface area contributed by atoms with Crippen LogP contribution in [0.3, 0.4) is 0 Å². The van der Waals surface area contributed by atoms with Crippen LogP contribution in [0.25, 0.3) is 0 Å². The highest BCUT2D eigenvalue weighted by Crippen LogP contribution is 2.22. The first-order chi connectivity index (χ1) is 8.89. The van der Waals surface area contributed by atoms with E-state index in [4.69, 9.17) is 12.2 Å². The van der Waals surface area contributed by atoms with Gasteiger partial charge in [-0.05, 0) is 36.7 Å². The van der Waals surface area contributed by atoms with Gasteiger partial charge in [0.1, 0.15) is 0 Å². The van der Waals surface area contributed by atoms with Crippen LogP contribution in [0.15, 0.2) is 30.5 Å². The minimum Gasteiger partial charge on any atom is -0.337 e. The molecule has 0 saturated carbocycles. The molecule has 1 heterocycles. The number of rotatable bonds is 3. The molecule has 1 aromatic carbocycles. The molecular weight excluding hydrogens is 252 g/mol. The van der Waals surface area contributed by atoms with Crippen LogP contribution in [0.5, 0.6) is 0 Å². The van der Waals surface area contributed by atoms with E-state index in [0.29, 0.717) is 0 Å². The van der Waals surface area contributed by atoms with Gasteiger partial charge in [-0.15, -0.1) is 0 Å². The molecular formula is C16H22N2S. The third kappa shape index (κ3) is 3.16. The van der Waals surface area contributed by atoms with Gasteiger partial charge in [-0.3, -0.25) is 0 Å². The lowest BCUT2D eigenvalue weighted by Crippen LogP contribution is -2.18. The van der Waals surface area contributed by atoms with Crippen LogP contribution in [0.2, 0.25) is 0 Å². The van der Waals surface area contributed by atoms with Crippen molar-refractivity contribution in [3.05, 3.63) is 52.1 Å². The minimum atomic E-state index is 0.110. The molecule has 0 bridgehead atoms. The predicted molar refractivity (Wildman–Crippen MR) is 83.2 cm³/mol. The number of aromatic nitrogens is 2. The van der Waals surface area contributed by atoms with Gasteiger partial charge in [-0.25, -0.2) is 0 Å². The summed E-state index contributed by atoms with van der Waals surface area (Å²) in [7, 11) is 0. The Morgan fingerprint density at radius 1 is 1.21 bits per heavy atom. The van der Waals surface area contributed by atoms with E-state index in [-0.39, 0.29) is 5.41 Å². The van der Waals surface area contributed by atoms with Gasteiger partial charge < -0.3 is 9.55 Å². The normalized spacial score (nSPS) is 11.8. The Labute approximate surface area is 120 Å². The molecule has 0 aliphatic heterocycles.